The molecule has 6 nitrogen and oxygen atoms in total. The molecule has 2 aromatic carbocycles. The van der Waals surface area contributed by atoms with E-state index in [1.165, 1.54) is 0 Å². The van der Waals surface area contributed by atoms with Crippen molar-refractivity contribution in [2.24, 2.45) is 0 Å². The van der Waals surface area contributed by atoms with E-state index in [9.17, 15) is 4.79 Å². The number of carbonyl (C=O) groups excluding carboxylic acids is 1. The number of aromatic nitrogens is 2. The molecule has 134 valence electrons. The van der Waals surface area contributed by atoms with E-state index in [2.05, 4.69) is 26.3 Å². The third-order valence-corrected chi connectivity index (χ3v) is 4.72. The van der Waals surface area contributed by atoms with Crippen molar-refractivity contribution in [2.45, 2.75) is 13.8 Å². The summed E-state index contributed by atoms with van der Waals surface area (Å²) in [6.45, 7) is 6.95. The molecule has 6 heteroatoms. The first kappa shape index (κ1) is 16.4. The highest BCUT2D eigenvalue weighted by Gasteiger charge is 2.23. The lowest BCUT2D eigenvalue weighted by molar-refractivity contribution is 0.208. The van der Waals surface area contributed by atoms with Gasteiger partial charge >= 0.3 is 6.03 Å². The molecule has 1 aliphatic rings. The number of urea groups is 1. The second-order valence-corrected chi connectivity index (χ2v) is 6.86. The summed E-state index contributed by atoms with van der Waals surface area (Å²) >= 11 is 0. The minimum Gasteiger partial charge on any atom is -0.339 e. The molecule has 0 unspecified atom stereocenters. The zero-order valence-corrected chi connectivity index (χ0v) is 15.1. The Morgan fingerprint density at radius 2 is 1.73 bits per heavy atom. The molecule has 0 saturated carbocycles. The molecular weight excluding hydrogens is 326 g/mol. The SMILES string of the molecule is Cc1cc(C)cc(NC(=O)N2CCN(c3nc4ccccc4[nH]3)CC2)c1. The monoisotopic (exact) mass is 349 g/mol. The number of nitrogens with one attached hydrogen (secondary N) is 2. The quantitative estimate of drug-likeness (QED) is 0.744. The van der Waals surface area contributed by atoms with Crippen LogP contribution in [0.3, 0.4) is 0 Å². The van der Waals surface area contributed by atoms with Gasteiger partial charge in [0.2, 0.25) is 5.95 Å². The second kappa shape index (κ2) is 6.71. The number of amides is 2. The van der Waals surface area contributed by atoms with Gasteiger partial charge in [0.15, 0.2) is 0 Å². The molecule has 0 radical (unpaired) electrons. The molecule has 0 atom stereocenters. The molecule has 3 aromatic rings. The standard InChI is InChI=1S/C20H23N5O/c1-14-11-15(2)13-16(12-14)21-20(26)25-9-7-24(8-10-25)19-22-17-5-3-4-6-18(17)23-19/h3-6,11-13H,7-10H2,1-2H3,(H,21,26)(H,22,23). The third-order valence-electron chi connectivity index (χ3n) is 4.72. The van der Waals surface area contributed by atoms with Crippen LogP contribution in [0.1, 0.15) is 11.1 Å². The number of anilines is 2. The predicted octanol–water partition coefficient (Wildman–Crippen LogP) is 3.53. The van der Waals surface area contributed by atoms with Crippen molar-refractivity contribution in [3.8, 4) is 0 Å². The van der Waals surface area contributed by atoms with Crippen LogP contribution in [0.2, 0.25) is 0 Å². The van der Waals surface area contributed by atoms with Crippen molar-refractivity contribution in [2.75, 3.05) is 36.4 Å². The van der Waals surface area contributed by atoms with Gasteiger partial charge in [0.1, 0.15) is 0 Å². The maximum absolute atomic E-state index is 12.5. The molecule has 1 aliphatic heterocycles. The van der Waals surface area contributed by atoms with E-state index in [1.807, 2.05) is 55.1 Å². The normalized spacial score (nSPS) is 14.7. The zero-order valence-electron chi connectivity index (χ0n) is 15.1. The lowest BCUT2D eigenvalue weighted by atomic mass is 10.1. The van der Waals surface area contributed by atoms with Crippen LogP contribution in [0, 0.1) is 13.8 Å². The summed E-state index contributed by atoms with van der Waals surface area (Å²) < 4.78 is 0. The van der Waals surface area contributed by atoms with Crippen LogP contribution >= 0.6 is 0 Å². The second-order valence-electron chi connectivity index (χ2n) is 6.86. The average Bonchev–Trinajstić information content (AvgIpc) is 3.05. The number of aryl methyl sites for hydroxylation is 2. The third kappa shape index (κ3) is 3.35. The largest absolute Gasteiger partial charge is 0.339 e. The van der Waals surface area contributed by atoms with Crippen LogP contribution in [0.4, 0.5) is 16.4 Å². The van der Waals surface area contributed by atoms with Crippen LogP contribution in [-0.4, -0.2) is 47.1 Å². The molecule has 1 fully saturated rings. The minimum atomic E-state index is -0.0424. The van der Waals surface area contributed by atoms with Crippen molar-refractivity contribution in [3.05, 3.63) is 53.6 Å². The number of para-hydroxylation sites is 2. The fourth-order valence-electron chi connectivity index (χ4n) is 3.46. The molecule has 0 bridgehead atoms. The summed E-state index contributed by atoms with van der Waals surface area (Å²) in [5.41, 5.74) is 5.16. The zero-order chi connectivity index (χ0) is 18.1. The Hall–Kier alpha value is -3.02. The molecule has 2 heterocycles. The molecule has 26 heavy (non-hydrogen) atoms. The Labute approximate surface area is 152 Å². The minimum absolute atomic E-state index is 0.0424. The molecule has 4 rings (SSSR count). The molecule has 1 saturated heterocycles. The maximum Gasteiger partial charge on any atom is 0.321 e. The summed E-state index contributed by atoms with van der Waals surface area (Å²) in [4.78, 5) is 24.6. The van der Waals surface area contributed by atoms with Gasteiger partial charge in [-0.15, -0.1) is 0 Å². The van der Waals surface area contributed by atoms with E-state index in [4.69, 9.17) is 0 Å². The fraction of sp³-hybridized carbons (Fsp3) is 0.300. The topological polar surface area (TPSA) is 64.3 Å². The van der Waals surface area contributed by atoms with Gasteiger partial charge in [-0.1, -0.05) is 18.2 Å². The van der Waals surface area contributed by atoms with Gasteiger partial charge in [-0.05, 0) is 49.2 Å². The van der Waals surface area contributed by atoms with E-state index in [0.29, 0.717) is 13.1 Å². The highest BCUT2D eigenvalue weighted by Crippen LogP contribution is 2.19. The molecule has 0 spiro atoms. The number of hydrogen-bond acceptors (Lipinski definition) is 3. The van der Waals surface area contributed by atoms with Crippen LogP contribution in [0.5, 0.6) is 0 Å². The van der Waals surface area contributed by atoms with Gasteiger partial charge in [-0.3, -0.25) is 0 Å². The number of piperazine rings is 1. The van der Waals surface area contributed by atoms with Crippen molar-refractivity contribution in [1.82, 2.24) is 14.9 Å². The predicted molar refractivity (Wildman–Crippen MR) is 105 cm³/mol. The van der Waals surface area contributed by atoms with E-state index >= 15 is 0 Å². The summed E-state index contributed by atoms with van der Waals surface area (Å²) in [6, 6.07) is 14.1. The van der Waals surface area contributed by atoms with Crippen molar-refractivity contribution >= 4 is 28.7 Å². The first-order valence-electron chi connectivity index (χ1n) is 8.92. The first-order chi connectivity index (χ1) is 12.6. The Bertz CT molecular complexity index is 887. The molecule has 2 amide bonds. The number of rotatable bonds is 2. The number of benzene rings is 2. The number of fused-ring (bicyclic) bond motifs is 1. The number of aromatic amines is 1. The Kier molecular flexibility index (Phi) is 4.24. The fourth-order valence-corrected chi connectivity index (χ4v) is 3.46. The van der Waals surface area contributed by atoms with E-state index in [0.717, 1.165) is 46.9 Å². The Balaban J connectivity index is 1.39. The number of nitrogens with zero attached hydrogens (tertiary/aromatic N) is 3. The molecule has 0 aliphatic carbocycles. The lowest BCUT2D eigenvalue weighted by Gasteiger charge is -2.34. The van der Waals surface area contributed by atoms with Gasteiger partial charge in [0, 0.05) is 31.9 Å². The molecule has 2 N–H and O–H groups in total. The Morgan fingerprint density at radius 1 is 1.04 bits per heavy atom. The molecule has 1 aromatic heterocycles. The van der Waals surface area contributed by atoms with E-state index in [-0.39, 0.29) is 6.03 Å². The number of imidazole rings is 1. The summed E-state index contributed by atoms with van der Waals surface area (Å²) in [7, 11) is 0. The maximum atomic E-state index is 12.5. The molecular formula is C20H23N5O. The van der Waals surface area contributed by atoms with Crippen LogP contribution in [-0.2, 0) is 0 Å². The average molecular weight is 349 g/mol. The van der Waals surface area contributed by atoms with Gasteiger partial charge in [0.25, 0.3) is 0 Å². The van der Waals surface area contributed by atoms with E-state index in [1.54, 1.807) is 0 Å². The van der Waals surface area contributed by atoms with Crippen molar-refractivity contribution in [3.63, 3.8) is 0 Å². The van der Waals surface area contributed by atoms with Gasteiger partial charge in [-0.2, -0.15) is 0 Å². The first-order valence-corrected chi connectivity index (χ1v) is 8.92. The number of H-pyrrole nitrogens is 1. The van der Waals surface area contributed by atoms with Crippen LogP contribution < -0.4 is 10.2 Å². The summed E-state index contributed by atoms with van der Waals surface area (Å²) in [5.74, 6) is 0.876. The lowest BCUT2D eigenvalue weighted by Crippen LogP contribution is -2.50. The Morgan fingerprint density at radius 3 is 2.42 bits per heavy atom. The number of carbonyl (C=O) groups is 1. The van der Waals surface area contributed by atoms with Gasteiger partial charge in [-0.25, -0.2) is 9.78 Å². The van der Waals surface area contributed by atoms with Crippen molar-refractivity contribution in [1.29, 1.82) is 0 Å². The van der Waals surface area contributed by atoms with Crippen molar-refractivity contribution < 1.29 is 4.79 Å². The smallest absolute Gasteiger partial charge is 0.321 e. The number of hydrogen-bond donors (Lipinski definition) is 2. The van der Waals surface area contributed by atoms with E-state index < -0.39 is 0 Å². The highest BCUT2D eigenvalue weighted by molar-refractivity contribution is 5.89. The highest BCUT2D eigenvalue weighted by atomic mass is 16.2. The summed E-state index contributed by atoms with van der Waals surface area (Å²) in [6.07, 6.45) is 0. The summed E-state index contributed by atoms with van der Waals surface area (Å²) in [5, 5.41) is 3.01. The van der Waals surface area contributed by atoms with Gasteiger partial charge in [0.05, 0.1) is 11.0 Å². The van der Waals surface area contributed by atoms with Gasteiger partial charge < -0.3 is 20.1 Å². The van der Waals surface area contributed by atoms with Crippen LogP contribution in [0.25, 0.3) is 11.0 Å². The van der Waals surface area contributed by atoms with Crippen LogP contribution in [0.15, 0.2) is 42.5 Å².